The van der Waals surface area contributed by atoms with Crippen molar-refractivity contribution in [3.8, 4) is 0 Å². The summed E-state index contributed by atoms with van der Waals surface area (Å²) in [5, 5.41) is 4.05. The lowest BCUT2D eigenvalue weighted by atomic mass is 10.1. The van der Waals surface area contributed by atoms with Crippen molar-refractivity contribution >= 4 is 11.6 Å². The maximum atomic E-state index is 12.3. The van der Waals surface area contributed by atoms with Crippen molar-refractivity contribution in [2.45, 2.75) is 26.1 Å². The van der Waals surface area contributed by atoms with Gasteiger partial charge < -0.3 is 5.32 Å². The fourth-order valence-electron chi connectivity index (χ4n) is 2.75. The molecule has 1 fully saturated rings. The van der Waals surface area contributed by atoms with Gasteiger partial charge in [-0.2, -0.15) is 13.2 Å². The van der Waals surface area contributed by atoms with Gasteiger partial charge in [-0.3, -0.25) is 4.90 Å². The lowest BCUT2D eigenvalue weighted by Gasteiger charge is -2.18. The van der Waals surface area contributed by atoms with Crippen molar-refractivity contribution < 1.29 is 13.2 Å². The molecule has 2 nitrogen and oxygen atoms in total. The lowest BCUT2D eigenvalue weighted by Crippen LogP contribution is -2.33. The van der Waals surface area contributed by atoms with Gasteiger partial charge in [0.25, 0.3) is 0 Å². The van der Waals surface area contributed by atoms with Crippen molar-refractivity contribution in [1.29, 1.82) is 0 Å². The summed E-state index contributed by atoms with van der Waals surface area (Å²) in [5.41, 5.74) is 2.30. The number of alkyl halides is 3. The predicted molar refractivity (Wildman–Crippen MR) is 78.5 cm³/mol. The fraction of sp³-hybridized carbons (Fsp3) is 0.600. The number of benzene rings is 1. The van der Waals surface area contributed by atoms with Crippen molar-refractivity contribution in [2.24, 2.45) is 5.92 Å². The van der Waals surface area contributed by atoms with E-state index < -0.39 is 12.7 Å². The van der Waals surface area contributed by atoms with Crippen molar-refractivity contribution in [3.05, 3.63) is 34.3 Å². The van der Waals surface area contributed by atoms with E-state index in [-0.39, 0.29) is 0 Å². The van der Waals surface area contributed by atoms with Crippen LogP contribution in [0.2, 0.25) is 5.02 Å². The molecular weight excluding hydrogens is 301 g/mol. The predicted octanol–water partition coefficient (Wildman–Crippen LogP) is 3.62. The molecule has 1 saturated heterocycles. The Hall–Kier alpha value is -0.780. The molecule has 118 valence electrons. The monoisotopic (exact) mass is 320 g/mol. The second-order valence-electron chi connectivity index (χ2n) is 5.71. The number of likely N-dealkylation sites (tertiary alicyclic amines) is 1. The molecule has 0 aromatic heterocycles. The molecule has 21 heavy (non-hydrogen) atoms. The summed E-state index contributed by atoms with van der Waals surface area (Å²) in [6.45, 7) is 3.73. The van der Waals surface area contributed by atoms with Crippen LogP contribution in [0.5, 0.6) is 0 Å². The van der Waals surface area contributed by atoms with Crippen LogP contribution in [0, 0.1) is 12.8 Å². The van der Waals surface area contributed by atoms with Crippen LogP contribution >= 0.6 is 11.6 Å². The summed E-state index contributed by atoms with van der Waals surface area (Å²) in [4.78, 5) is 1.49. The molecule has 2 rings (SSSR count). The van der Waals surface area contributed by atoms with Gasteiger partial charge in [0.05, 0.1) is 6.54 Å². The molecule has 1 atom stereocenters. The highest BCUT2D eigenvalue weighted by Gasteiger charge is 2.34. The lowest BCUT2D eigenvalue weighted by molar-refractivity contribution is -0.143. The largest absolute Gasteiger partial charge is 0.401 e. The van der Waals surface area contributed by atoms with Crippen LogP contribution in [0.25, 0.3) is 0 Å². The normalized spacial score (nSPS) is 20.1. The van der Waals surface area contributed by atoms with Gasteiger partial charge in [0.2, 0.25) is 0 Å². The fourth-order valence-corrected chi connectivity index (χ4v) is 2.97. The SMILES string of the molecule is Cc1cc(Cl)ccc1CNCC1CCN(CC(F)(F)F)C1. The summed E-state index contributed by atoms with van der Waals surface area (Å²) in [6.07, 6.45) is -3.27. The first-order valence-electron chi connectivity index (χ1n) is 7.08. The van der Waals surface area contributed by atoms with Crippen molar-refractivity contribution in [3.63, 3.8) is 0 Å². The van der Waals surface area contributed by atoms with Crippen LogP contribution < -0.4 is 5.32 Å². The molecule has 0 radical (unpaired) electrons. The minimum Gasteiger partial charge on any atom is -0.312 e. The van der Waals surface area contributed by atoms with Crippen LogP contribution in [0.4, 0.5) is 13.2 Å². The van der Waals surface area contributed by atoms with Gasteiger partial charge in [0.15, 0.2) is 0 Å². The molecule has 0 bridgehead atoms. The van der Waals surface area contributed by atoms with E-state index in [9.17, 15) is 13.2 Å². The number of aryl methyl sites for hydroxylation is 1. The zero-order valence-electron chi connectivity index (χ0n) is 12.0. The summed E-state index contributed by atoms with van der Waals surface area (Å²) in [6, 6.07) is 5.75. The third kappa shape index (κ3) is 5.49. The Labute approximate surface area is 128 Å². The zero-order valence-corrected chi connectivity index (χ0v) is 12.8. The number of nitrogens with one attached hydrogen (secondary N) is 1. The average molecular weight is 321 g/mol. The van der Waals surface area contributed by atoms with E-state index >= 15 is 0 Å². The van der Waals surface area contributed by atoms with Gasteiger partial charge in [-0.05, 0) is 55.6 Å². The first kappa shape index (κ1) is 16.6. The number of hydrogen-bond acceptors (Lipinski definition) is 2. The van der Waals surface area contributed by atoms with Gasteiger partial charge in [-0.25, -0.2) is 0 Å². The quantitative estimate of drug-likeness (QED) is 0.891. The molecule has 1 heterocycles. The van der Waals surface area contributed by atoms with Gasteiger partial charge in [0.1, 0.15) is 0 Å². The summed E-state index contributed by atoms with van der Waals surface area (Å²) >= 11 is 5.91. The minimum absolute atomic E-state index is 0.292. The van der Waals surface area contributed by atoms with Gasteiger partial charge in [-0.1, -0.05) is 17.7 Å². The highest BCUT2D eigenvalue weighted by molar-refractivity contribution is 6.30. The van der Waals surface area contributed by atoms with Crippen LogP contribution in [0.1, 0.15) is 17.5 Å². The number of halogens is 4. The molecule has 1 aromatic carbocycles. The third-order valence-corrected chi connectivity index (χ3v) is 4.06. The molecule has 0 saturated carbocycles. The molecule has 0 aliphatic carbocycles. The molecular formula is C15H20ClF3N2. The Morgan fingerprint density at radius 2 is 2.14 bits per heavy atom. The van der Waals surface area contributed by atoms with Crippen LogP contribution in [-0.4, -0.2) is 37.3 Å². The van der Waals surface area contributed by atoms with Gasteiger partial charge in [0, 0.05) is 18.1 Å². The van der Waals surface area contributed by atoms with E-state index in [0.717, 1.165) is 30.1 Å². The summed E-state index contributed by atoms with van der Waals surface area (Å²) in [7, 11) is 0. The Balaban J connectivity index is 1.72. The number of rotatable bonds is 5. The first-order chi connectivity index (χ1) is 9.83. The highest BCUT2D eigenvalue weighted by Crippen LogP contribution is 2.22. The average Bonchev–Trinajstić information content (AvgIpc) is 2.77. The molecule has 0 amide bonds. The minimum atomic E-state index is -4.09. The number of hydrogen-bond donors (Lipinski definition) is 1. The Kier molecular flexibility index (Phi) is 5.52. The third-order valence-electron chi connectivity index (χ3n) is 3.83. The summed E-state index contributed by atoms with van der Waals surface area (Å²) < 4.78 is 37.0. The van der Waals surface area contributed by atoms with Gasteiger partial charge >= 0.3 is 6.18 Å². The van der Waals surface area contributed by atoms with E-state index in [1.54, 1.807) is 0 Å². The van der Waals surface area contributed by atoms with Crippen LogP contribution in [0.3, 0.4) is 0 Å². The van der Waals surface area contributed by atoms with Crippen LogP contribution in [-0.2, 0) is 6.54 Å². The molecule has 6 heteroatoms. The van der Waals surface area contributed by atoms with E-state index in [0.29, 0.717) is 19.0 Å². The summed E-state index contributed by atoms with van der Waals surface area (Å²) in [5.74, 6) is 0.292. The highest BCUT2D eigenvalue weighted by atomic mass is 35.5. The molecule has 1 N–H and O–H groups in total. The van der Waals surface area contributed by atoms with E-state index in [1.165, 1.54) is 10.5 Å². The van der Waals surface area contributed by atoms with Crippen molar-refractivity contribution in [2.75, 3.05) is 26.2 Å². The molecule has 1 aliphatic heterocycles. The maximum absolute atomic E-state index is 12.3. The number of nitrogens with zero attached hydrogens (tertiary/aromatic N) is 1. The zero-order chi connectivity index (χ0) is 15.5. The Bertz CT molecular complexity index is 476. The standard InChI is InChI=1S/C15H20ClF3N2/c1-11-6-14(16)3-2-13(11)8-20-7-12-4-5-21(9-12)10-15(17,18)19/h2-3,6,12,20H,4-5,7-10H2,1H3. The second-order valence-corrected chi connectivity index (χ2v) is 6.14. The van der Waals surface area contributed by atoms with E-state index in [2.05, 4.69) is 5.32 Å². The molecule has 0 spiro atoms. The molecule has 1 aromatic rings. The van der Waals surface area contributed by atoms with Gasteiger partial charge in [-0.15, -0.1) is 0 Å². The molecule has 1 unspecified atom stereocenters. The van der Waals surface area contributed by atoms with Crippen LogP contribution in [0.15, 0.2) is 18.2 Å². The van der Waals surface area contributed by atoms with E-state index in [1.807, 2.05) is 25.1 Å². The topological polar surface area (TPSA) is 15.3 Å². The smallest absolute Gasteiger partial charge is 0.312 e. The Morgan fingerprint density at radius 3 is 2.81 bits per heavy atom. The second kappa shape index (κ2) is 6.99. The first-order valence-corrected chi connectivity index (χ1v) is 7.46. The van der Waals surface area contributed by atoms with E-state index in [4.69, 9.17) is 11.6 Å². The van der Waals surface area contributed by atoms with Crippen molar-refractivity contribution in [1.82, 2.24) is 10.2 Å². The Morgan fingerprint density at radius 1 is 1.38 bits per heavy atom. The molecule has 1 aliphatic rings. The maximum Gasteiger partial charge on any atom is 0.401 e.